The van der Waals surface area contributed by atoms with E-state index in [0.29, 0.717) is 0 Å². The van der Waals surface area contributed by atoms with Crippen LogP contribution < -0.4 is 20.9 Å². The van der Waals surface area contributed by atoms with Gasteiger partial charge in [0.1, 0.15) is 24.0 Å². The predicted molar refractivity (Wildman–Crippen MR) is 162 cm³/mol. The summed E-state index contributed by atoms with van der Waals surface area (Å²) >= 11 is 0. The van der Waals surface area contributed by atoms with Gasteiger partial charge in [0.05, 0.1) is 12.7 Å². The molecule has 2 aromatic carbocycles. The number of H-pyrrole nitrogens is 2. The molecule has 2 aromatic heterocycles. The third kappa shape index (κ3) is 7.26. The number of halogens is 1. The van der Waals surface area contributed by atoms with Crippen LogP contribution in [0.2, 0.25) is 0 Å². The van der Waals surface area contributed by atoms with Crippen molar-refractivity contribution in [3.63, 3.8) is 0 Å². The van der Waals surface area contributed by atoms with Gasteiger partial charge in [-0.3, -0.25) is 23.7 Å². The lowest BCUT2D eigenvalue weighted by Crippen LogP contribution is -2.44. The molecule has 3 heterocycles. The average Bonchev–Trinajstić information content (AvgIpc) is 3.49. The van der Waals surface area contributed by atoms with Crippen LogP contribution in [0.15, 0.2) is 82.6 Å². The van der Waals surface area contributed by atoms with E-state index in [1.54, 1.807) is 38.2 Å². The average molecular weight is 645 g/mol. The Morgan fingerprint density at radius 3 is 2.58 bits per heavy atom. The van der Waals surface area contributed by atoms with Crippen molar-refractivity contribution in [2.75, 3.05) is 6.61 Å². The number of carbonyl (C=O) groups is 1. The zero-order chi connectivity index (χ0) is 32.4. The molecule has 1 unspecified atom stereocenters. The van der Waals surface area contributed by atoms with Crippen LogP contribution in [0, 0.1) is 0 Å². The number of aliphatic hydroxyl groups is 1. The maximum Gasteiger partial charge on any atom is 0.459 e. The fourth-order valence-corrected chi connectivity index (χ4v) is 6.55. The standard InChI is InChI=1S/C30H34FN4O9P/c1-18(2)42-27(38)23(15-19-16-32-22-12-8-7-11-21(19)22)34-45(40,44-20-9-5-4-6-10-20)41-17-24-26(37)30(3,31)28(43-24)35-14-13-25(36)33-29(35)39/h4-14,16,18,23-24,26,28,32,37H,15,17H2,1-3H3,(H,34,40)(H,33,36,39)/t23-,24-,26-,28-,30+,45?/m1/s1. The van der Waals surface area contributed by atoms with Gasteiger partial charge < -0.3 is 24.1 Å². The number of benzene rings is 2. The summed E-state index contributed by atoms with van der Waals surface area (Å²) in [6.45, 7) is 3.70. The van der Waals surface area contributed by atoms with Crippen molar-refractivity contribution in [3.05, 3.63) is 99.5 Å². The SMILES string of the molecule is CC(C)OC(=O)[C@@H](Cc1c[nH]c2ccccc12)NP(=O)(OC[C@H]1O[C@@H](n2ccc(=O)[nH]c2=O)[C@@](C)(F)[C@@H]1O)Oc1ccccc1. The number of alkyl halides is 1. The van der Waals surface area contributed by atoms with Gasteiger partial charge in [0.25, 0.3) is 5.56 Å². The highest BCUT2D eigenvalue weighted by molar-refractivity contribution is 7.52. The van der Waals surface area contributed by atoms with Crippen molar-refractivity contribution >= 4 is 24.6 Å². The fourth-order valence-electron chi connectivity index (χ4n) is 5.05. The molecule has 4 aromatic rings. The second-order valence-corrected chi connectivity index (χ2v) is 12.8. The number of nitrogens with one attached hydrogen (secondary N) is 3. The number of hydrogen-bond acceptors (Lipinski definition) is 9. The number of fused-ring (bicyclic) bond motifs is 1. The van der Waals surface area contributed by atoms with Crippen LogP contribution in [0.4, 0.5) is 4.39 Å². The number of ether oxygens (including phenoxy) is 2. The smallest absolute Gasteiger partial charge is 0.459 e. The van der Waals surface area contributed by atoms with Gasteiger partial charge in [-0.05, 0) is 44.5 Å². The van der Waals surface area contributed by atoms with Gasteiger partial charge in [0.2, 0.25) is 0 Å². The highest BCUT2D eigenvalue weighted by Crippen LogP contribution is 2.48. The lowest BCUT2D eigenvalue weighted by molar-refractivity contribution is -0.149. The van der Waals surface area contributed by atoms with E-state index in [2.05, 4.69) is 10.1 Å². The molecule has 5 rings (SSSR count). The highest BCUT2D eigenvalue weighted by Gasteiger charge is 2.56. The third-order valence-electron chi connectivity index (χ3n) is 7.25. The Kier molecular flexibility index (Phi) is 9.42. The third-order valence-corrected chi connectivity index (χ3v) is 8.82. The molecule has 45 heavy (non-hydrogen) atoms. The summed E-state index contributed by atoms with van der Waals surface area (Å²) in [7, 11) is -4.49. The Bertz CT molecular complexity index is 1810. The van der Waals surface area contributed by atoms with E-state index < -0.39 is 67.8 Å². The summed E-state index contributed by atoms with van der Waals surface area (Å²) in [4.78, 5) is 42.3. The van der Waals surface area contributed by atoms with Gasteiger partial charge in [-0.2, -0.15) is 5.09 Å². The molecule has 1 fully saturated rings. The molecule has 4 N–H and O–H groups in total. The van der Waals surface area contributed by atoms with E-state index in [1.165, 1.54) is 12.1 Å². The first kappa shape index (κ1) is 32.3. The van der Waals surface area contributed by atoms with Crippen molar-refractivity contribution in [2.24, 2.45) is 0 Å². The molecule has 1 saturated heterocycles. The molecule has 0 bridgehead atoms. The van der Waals surface area contributed by atoms with Crippen LogP contribution in [0.1, 0.15) is 32.6 Å². The summed E-state index contributed by atoms with van der Waals surface area (Å²) in [6, 6.07) is 15.3. The van der Waals surface area contributed by atoms with Gasteiger partial charge in [0, 0.05) is 35.8 Å². The Morgan fingerprint density at radius 1 is 1.16 bits per heavy atom. The molecule has 240 valence electrons. The van der Waals surface area contributed by atoms with Gasteiger partial charge in [-0.25, -0.2) is 13.8 Å². The molecule has 15 heteroatoms. The van der Waals surface area contributed by atoms with Crippen molar-refractivity contribution < 1.29 is 37.4 Å². The largest absolute Gasteiger partial charge is 0.462 e. The second-order valence-electron chi connectivity index (χ2n) is 11.1. The van der Waals surface area contributed by atoms with Crippen molar-refractivity contribution in [1.82, 2.24) is 19.6 Å². The molecule has 0 amide bonds. The van der Waals surface area contributed by atoms with Crippen molar-refractivity contribution in [3.8, 4) is 5.75 Å². The van der Waals surface area contributed by atoms with E-state index in [-0.39, 0.29) is 12.2 Å². The Balaban J connectivity index is 1.42. The normalized spacial score (nSPS) is 23.6. The van der Waals surface area contributed by atoms with Gasteiger partial charge >= 0.3 is 19.4 Å². The van der Waals surface area contributed by atoms with Crippen LogP contribution in [-0.4, -0.2) is 62.2 Å². The lowest BCUT2D eigenvalue weighted by Gasteiger charge is -2.26. The number of aliphatic hydroxyl groups excluding tert-OH is 1. The van der Waals surface area contributed by atoms with E-state index in [9.17, 15) is 24.1 Å². The van der Waals surface area contributed by atoms with E-state index in [0.717, 1.165) is 40.2 Å². The molecule has 0 aliphatic carbocycles. The molecule has 6 atom stereocenters. The van der Waals surface area contributed by atoms with Crippen LogP contribution in [0.25, 0.3) is 10.9 Å². The molecule has 0 radical (unpaired) electrons. The number of aromatic nitrogens is 3. The van der Waals surface area contributed by atoms with Gasteiger partial charge in [0.15, 0.2) is 11.9 Å². The number of rotatable bonds is 12. The first-order valence-electron chi connectivity index (χ1n) is 14.2. The number of carbonyl (C=O) groups excluding carboxylic acids is 1. The number of aromatic amines is 2. The summed E-state index contributed by atoms with van der Waals surface area (Å²) < 4.78 is 53.5. The molecule has 1 aliphatic rings. The summed E-state index contributed by atoms with van der Waals surface area (Å²) in [6.07, 6.45) is -2.62. The van der Waals surface area contributed by atoms with Crippen LogP contribution >= 0.6 is 7.75 Å². The highest BCUT2D eigenvalue weighted by atomic mass is 31.2. The minimum absolute atomic E-state index is 0.0311. The van der Waals surface area contributed by atoms with Crippen LogP contribution in [0.3, 0.4) is 0 Å². The van der Waals surface area contributed by atoms with Gasteiger partial charge in [-0.1, -0.05) is 36.4 Å². The summed E-state index contributed by atoms with van der Waals surface area (Å²) in [5.41, 5.74) is -2.60. The molecule has 1 aliphatic heterocycles. The van der Waals surface area contributed by atoms with Crippen molar-refractivity contribution in [1.29, 1.82) is 0 Å². The molecule has 13 nitrogen and oxygen atoms in total. The topological polar surface area (TPSA) is 174 Å². The molecular formula is C30H34FN4O9P. The van der Waals surface area contributed by atoms with E-state index in [4.69, 9.17) is 18.5 Å². The van der Waals surface area contributed by atoms with E-state index in [1.807, 2.05) is 29.2 Å². The van der Waals surface area contributed by atoms with Gasteiger partial charge in [-0.15, -0.1) is 0 Å². The summed E-state index contributed by atoms with van der Waals surface area (Å²) in [5.74, 6) is -0.584. The lowest BCUT2D eigenvalue weighted by atomic mass is 9.98. The number of para-hydroxylation sites is 2. The number of nitrogens with zero attached hydrogens (tertiary/aromatic N) is 1. The molecule has 0 spiro atoms. The first-order valence-corrected chi connectivity index (χ1v) is 15.8. The Morgan fingerprint density at radius 2 is 1.87 bits per heavy atom. The maximum atomic E-state index is 15.8. The maximum absolute atomic E-state index is 15.8. The molecule has 0 saturated carbocycles. The summed E-state index contributed by atoms with van der Waals surface area (Å²) in [5, 5.41) is 14.4. The minimum Gasteiger partial charge on any atom is -0.462 e. The van der Waals surface area contributed by atoms with E-state index >= 15 is 4.39 Å². The monoisotopic (exact) mass is 644 g/mol. The minimum atomic E-state index is -4.49. The number of esters is 1. The fraction of sp³-hybridized carbons (Fsp3) is 0.367. The second kappa shape index (κ2) is 13.1. The molecular weight excluding hydrogens is 610 g/mol. The van der Waals surface area contributed by atoms with Crippen LogP contribution in [-0.2, 0) is 29.8 Å². The Labute approximate surface area is 256 Å². The quantitative estimate of drug-likeness (QED) is 0.132. The van der Waals surface area contributed by atoms with Crippen molar-refractivity contribution in [2.45, 2.75) is 63.4 Å². The zero-order valence-electron chi connectivity index (χ0n) is 24.7. The predicted octanol–water partition coefficient (Wildman–Crippen LogP) is 3.36. The first-order chi connectivity index (χ1) is 21.4. The van der Waals surface area contributed by atoms with Crippen LogP contribution in [0.5, 0.6) is 5.75 Å². The zero-order valence-corrected chi connectivity index (χ0v) is 25.6. The Hall–Kier alpha value is -4.07. The number of hydrogen-bond donors (Lipinski definition) is 4.